The van der Waals surface area contributed by atoms with E-state index < -0.39 is 18.1 Å². The summed E-state index contributed by atoms with van der Waals surface area (Å²) in [4.78, 5) is 21.6. The Morgan fingerprint density at radius 2 is 1.69 bits per heavy atom. The van der Waals surface area contributed by atoms with Crippen molar-refractivity contribution in [1.82, 2.24) is 5.32 Å². The van der Waals surface area contributed by atoms with Crippen LogP contribution < -0.4 is 10.1 Å². The van der Waals surface area contributed by atoms with Gasteiger partial charge in [0, 0.05) is 13.1 Å². The van der Waals surface area contributed by atoms with E-state index in [4.69, 9.17) is 4.74 Å². The molecule has 0 aliphatic heterocycles. The molecule has 0 saturated heterocycles. The van der Waals surface area contributed by atoms with E-state index in [1.54, 1.807) is 0 Å². The van der Waals surface area contributed by atoms with Crippen LogP contribution in [0.5, 0.6) is 5.75 Å². The van der Waals surface area contributed by atoms with Crippen molar-refractivity contribution in [3.63, 3.8) is 0 Å². The SMILES string of the molecule is CC(C)(C)CCOc1ccc(CNCCC(=O)OC(=O)C(F)(F)F)cc1. The first-order valence-corrected chi connectivity index (χ1v) is 8.22. The molecule has 1 rings (SSSR count). The van der Waals surface area contributed by atoms with Crippen molar-refractivity contribution in [1.29, 1.82) is 0 Å². The first kappa shape index (κ1) is 22.0. The largest absolute Gasteiger partial charge is 0.494 e. The molecule has 1 aromatic rings. The van der Waals surface area contributed by atoms with Gasteiger partial charge < -0.3 is 14.8 Å². The van der Waals surface area contributed by atoms with Gasteiger partial charge in [-0.05, 0) is 29.5 Å². The van der Waals surface area contributed by atoms with Crippen LogP contribution in [0.4, 0.5) is 13.2 Å². The summed E-state index contributed by atoms with van der Waals surface area (Å²) in [5, 5.41) is 2.89. The molecule has 1 aromatic carbocycles. The molecular formula is C18H24F3NO4. The smallest absolute Gasteiger partial charge is 0.491 e. The second-order valence-corrected chi connectivity index (χ2v) is 6.99. The van der Waals surface area contributed by atoms with E-state index in [1.165, 1.54) is 0 Å². The van der Waals surface area contributed by atoms with E-state index in [9.17, 15) is 22.8 Å². The summed E-state index contributed by atoms with van der Waals surface area (Å²) in [7, 11) is 0. The Hall–Kier alpha value is -2.09. The summed E-state index contributed by atoms with van der Waals surface area (Å²) in [5.74, 6) is -2.96. The van der Waals surface area contributed by atoms with Gasteiger partial charge in [0.1, 0.15) is 5.75 Å². The average Bonchev–Trinajstić information content (AvgIpc) is 2.51. The number of benzene rings is 1. The van der Waals surface area contributed by atoms with Gasteiger partial charge in [-0.3, -0.25) is 4.79 Å². The normalized spacial score (nSPS) is 11.9. The number of carbonyl (C=O) groups is 2. The predicted molar refractivity (Wildman–Crippen MR) is 89.5 cm³/mol. The van der Waals surface area contributed by atoms with Gasteiger partial charge in [0.15, 0.2) is 0 Å². The van der Waals surface area contributed by atoms with Crippen LogP contribution in [-0.2, 0) is 20.9 Å². The third kappa shape index (κ3) is 9.41. The van der Waals surface area contributed by atoms with Crippen LogP contribution >= 0.6 is 0 Å². The summed E-state index contributed by atoms with van der Waals surface area (Å²) < 4.78 is 45.1. The van der Waals surface area contributed by atoms with Crippen LogP contribution in [0.15, 0.2) is 24.3 Å². The lowest BCUT2D eigenvalue weighted by Crippen LogP contribution is -2.29. The van der Waals surface area contributed by atoms with Crippen LogP contribution in [0.3, 0.4) is 0 Å². The van der Waals surface area contributed by atoms with E-state index in [1.807, 2.05) is 24.3 Å². The van der Waals surface area contributed by atoms with Crippen molar-refractivity contribution < 1.29 is 32.2 Å². The molecule has 0 atom stereocenters. The molecule has 0 amide bonds. The molecular weight excluding hydrogens is 351 g/mol. The fourth-order valence-corrected chi connectivity index (χ4v) is 1.81. The molecule has 0 bridgehead atoms. The third-order valence-electron chi connectivity index (χ3n) is 3.32. The minimum atomic E-state index is -5.17. The van der Waals surface area contributed by atoms with Crippen molar-refractivity contribution in [3.05, 3.63) is 29.8 Å². The summed E-state index contributed by atoms with van der Waals surface area (Å²) in [6, 6.07) is 7.36. The van der Waals surface area contributed by atoms with Crippen LogP contribution in [0, 0.1) is 5.41 Å². The Bertz CT molecular complexity index is 592. The number of alkyl halides is 3. The fraction of sp³-hybridized carbons (Fsp3) is 0.556. The molecule has 0 fully saturated rings. The van der Waals surface area contributed by atoms with Crippen LogP contribution in [0.2, 0.25) is 0 Å². The number of halogens is 3. The molecule has 0 radical (unpaired) electrons. The van der Waals surface area contributed by atoms with E-state index in [0.717, 1.165) is 17.7 Å². The number of carbonyl (C=O) groups excluding carboxylic acids is 2. The van der Waals surface area contributed by atoms with Crippen molar-refractivity contribution in [3.8, 4) is 5.75 Å². The molecule has 0 heterocycles. The highest BCUT2D eigenvalue weighted by molar-refractivity contribution is 5.88. The van der Waals surface area contributed by atoms with Gasteiger partial charge in [-0.1, -0.05) is 32.9 Å². The van der Waals surface area contributed by atoms with Crippen molar-refractivity contribution in [2.24, 2.45) is 5.41 Å². The first-order valence-electron chi connectivity index (χ1n) is 8.22. The molecule has 0 spiro atoms. The number of rotatable bonds is 8. The Kier molecular flexibility index (Phi) is 8.08. The summed E-state index contributed by atoms with van der Waals surface area (Å²) in [5.41, 5.74) is 1.13. The molecule has 146 valence electrons. The zero-order chi connectivity index (χ0) is 19.8. The monoisotopic (exact) mass is 375 g/mol. The minimum Gasteiger partial charge on any atom is -0.494 e. The van der Waals surface area contributed by atoms with Crippen molar-refractivity contribution >= 4 is 11.9 Å². The number of hydrogen-bond donors (Lipinski definition) is 1. The van der Waals surface area contributed by atoms with Gasteiger partial charge in [0.2, 0.25) is 0 Å². The molecule has 0 unspecified atom stereocenters. The van der Waals surface area contributed by atoms with Gasteiger partial charge in [-0.25, -0.2) is 4.79 Å². The number of ether oxygens (including phenoxy) is 2. The second kappa shape index (κ2) is 9.56. The van der Waals surface area contributed by atoms with E-state index >= 15 is 0 Å². The van der Waals surface area contributed by atoms with Gasteiger partial charge in [0.25, 0.3) is 0 Å². The van der Waals surface area contributed by atoms with Gasteiger partial charge >= 0.3 is 18.1 Å². The Labute approximate surface area is 150 Å². The highest BCUT2D eigenvalue weighted by atomic mass is 19.4. The molecule has 0 saturated carbocycles. The van der Waals surface area contributed by atoms with Crippen LogP contribution in [0.25, 0.3) is 0 Å². The molecule has 26 heavy (non-hydrogen) atoms. The average molecular weight is 375 g/mol. The van der Waals surface area contributed by atoms with Gasteiger partial charge in [0.05, 0.1) is 13.0 Å². The lowest BCUT2D eigenvalue weighted by Gasteiger charge is -2.18. The maximum Gasteiger partial charge on any atom is 0.491 e. The maximum atomic E-state index is 11.9. The Balaban J connectivity index is 2.25. The topological polar surface area (TPSA) is 64.6 Å². The molecule has 0 aliphatic rings. The quantitative estimate of drug-likeness (QED) is 0.427. The highest BCUT2D eigenvalue weighted by Gasteiger charge is 2.42. The zero-order valence-electron chi connectivity index (χ0n) is 15.1. The van der Waals surface area contributed by atoms with E-state index in [2.05, 4.69) is 30.8 Å². The number of hydrogen-bond acceptors (Lipinski definition) is 5. The molecule has 0 aromatic heterocycles. The fourth-order valence-electron chi connectivity index (χ4n) is 1.81. The van der Waals surface area contributed by atoms with Crippen molar-refractivity contribution in [2.45, 2.75) is 46.3 Å². The minimum absolute atomic E-state index is 0.0911. The molecule has 0 aliphatic carbocycles. The number of nitrogens with one attached hydrogen (secondary N) is 1. The maximum absolute atomic E-state index is 11.9. The van der Waals surface area contributed by atoms with Crippen LogP contribution in [-0.4, -0.2) is 31.3 Å². The summed E-state index contributed by atoms with van der Waals surface area (Å²) in [6.07, 6.45) is -4.57. The Morgan fingerprint density at radius 1 is 1.08 bits per heavy atom. The molecule has 1 N–H and O–H groups in total. The molecule has 5 nitrogen and oxygen atoms in total. The first-order chi connectivity index (χ1) is 12.0. The van der Waals surface area contributed by atoms with Gasteiger partial charge in [-0.15, -0.1) is 0 Å². The van der Waals surface area contributed by atoms with E-state index in [0.29, 0.717) is 13.2 Å². The Morgan fingerprint density at radius 3 is 2.23 bits per heavy atom. The molecule has 8 heteroatoms. The van der Waals surface area contributed by atoms with Crippen molar-refractivity contribution in [2.75, 3.05) is 13.2 Å². The van der Waals surface area contributed by atoms with Crippen LogP contribution in [0.1, 0.15) is 39.2 Å². The van der Waals surface area contributed by atoms with E-state index in [-0.39, 0.29) is 18.4 Å². The van der Waals surface area contributed by atoms with Gasteiger partial charge in [-0.2, -0.15) is 13.2 Å². The second-order valence-electron chi connectivity index (χ2n) is 6.99. The standard InChI is InChI=1S/C18H24F3NO4/c1-17(2,3)9-11-25-14-6-4-13(5-7-14)12-22-10-8-15(23)26-16(24)18(19,20)21/h4-7,22H,8-12H2,1-3H3. The lowest BCUT2D eigenvalue weighted by atomic mass is 9.93. The highest BCUT2D eigenvalue weighted by Crippen LogP contribution is 2.20. The summed E-state index contributed by atoms with van der Waals surface area (Å²) >= 11 is 0. The zero-order valence-corrected chi connectivity index (χ0v) is 15.1. The number of esters is 2. The predicted octanol–water partition coefficient (Wildman–Crippen LogP) is 3.61. The third-order valence-corrected chi connectivity index (χ3v) is 3.32. The summed E-state index contributed by atoms with van der Waals surface area (Å²) in [6.45, 7) is 7.55. The lowest BCUT2D eigenvalue weighted by molar-refractivity contribution is -0.201.